The Kier molecular flexibility index (Phi) is 5.62. The van der Waals surface area contributed by atoms with Gasteiger partial charge in [0, 0.05) is 54.9 Å². The molecule has 7 aliphatic rings. The number of ether oxygens (including phenoxy) is 7. The van der Waals surface area contributed by atoms with Crippen LogP contribution in [0.2, 0.25) is 0 Å². The Morgan fingerprint density at radius 2 is 1.72 bits per heavy atom. The molecule has 7 fully saturated rings. The second kappa shape index (κ2) is 8.53. The van der Waals surface area contributed by atoms with Crippen molar-refractivity contribution in [3.8, 4) is 0 Å². The van der Waals surface area contributed by atoms with Crippen LogP contribution in [0.4, 0.5) is 0 Å². The first-order valence-electron chi connectivity index (χ1n) is 15.9. The third kappa shape index (κ3) is 2.84. The van der Waals surface area contributed by atoms with Gasteiger partial charge in [-0.25, -0.2) is 0 Å². The Hall–Kier alpha value is -3.00. The van der Waals surface area contributed by atoms with Crippen molar-refractivity contribution in [3.63, 3.8) is 0 Å². The molecule has 0 amide bonds. The van der Waals surface area contributed by atoms with E-state index < -0.39 is 98.6 Å². The standard InChI is InChI=1S/C33H40O13/c1-16(34)41-25-27(4)15-31-28(5,19(27)12-21(36)39-7)30-10-9-26(3)20(13-22(37)42-23(26)18-8-11-40-14-18)32(30,46-29(6,44-30)45-31)24(38)33(25,31)43-17(2)35/h8,11,14,19-20,23-25,38H,9-10,12-13,15H2,1-7H3/t19-,20+,23-,24-,25-,26+,27-,28-,29?,30-,31+,32+,33+/m0/s1. The first kappa shape index (κ1) is 30.3. The molecule has 1 aromatic heterocycles. The third-order valence-corrected chi connectivity index (χ3v) is 13.5. The summed E-state index contributed by atoms with van der Waals surface area (Å²) in [6, 6.07) is 1.74. The summed E-state index contributed by atoms with van der Waals surface area (Å²) in [5.74, 6) is -5.56. The van der Waals surface area contributed by atoms with Gasteiger partial charge in [0.1, 0.15) is 29.0 Å². The Bertz CT molecular complexity index is 1570. The van der Waals surface area contributed by atoms with Crippen molar-refractivity contribution < 1.29 is 61.9 Å². The number of carbonyl (C=O) groups excluding carboxylic acids is 4. The molecule has 4 saturated carbocycles. The molecule has 46 heavy (non-hydrogen) atoms. The molecule has 3 saturated heterocycles. The molecule has 0 aromatic carbocycles. The minimum Gasteiger partial charge on any atom is -0.472 e. The molecule has 4 aliphatic carbocycles. The molecular formula is C33H40O13. The van der Waals surface area contributed by atoms with Crippen LogP contribution in [-0.4, -0.2) is 76.7 Å². The molecule has 1 aromatic rings. The van der Waals surface area contributed by atoms with Crippen LogP contribution in [0.1, 0.15) is 85.3 Å². The molecule has 13 heteroatoms. The number of cyclic esters (lactones) is 1. The van der Waals surface area contributed by atoms with Crippen LogP contribution < -0.4 is 0 Å². The number of aliphatic hydroxyl groups excluding tert-OH is 1. The lowest BCUT2D eigenvalue weighted by atomic mass is 9.33. The lowest BCUT2D eigenvalue weighted by Gasteiger charge is -2.77. The summed E-state index contributed by atoms with van der Waals surface area (Å²) in [6.07, 6.45) is 0.0231. The predicted octanol–water partition coefficient (Wildman–Crippen LogP) is 2.87. The van der Waals surface area contributed by atoms with Gasteiger partial charge >= 0.3 is 23.9 Å². The van der Waals surface area contributed by atoms with E-state index >= 15 is 0 Å². The molecule has 4 bridgehead atoms. The van der Waals surface area contributed by atoms with Crippen molar-refractivity contribution >= 4 is 23.9 Å². The molecule has 13 nitrogen and oxygen atoms in total. The van der Waals surface area contributed by atoms with E-state index in [9.17, 15) is 24.3 Å². The largest absolute Gasteiger partial charge is 0.472 e. The third-order valence-electron chi connectivity index (χ3n) is 13.5. The summed E-state index contributed by atoms with van der Waals surface area (Å²) in [4.78, 5) is 52.9. The number of hydrogen-bond acceptors (Lipinski definition) is 13. The number of esters is 4. The summed E-state index contributed by atoms with van der Waals surface area (Å²) in [5, 5.41) is 13.2. The van der Waals surface area contributed by atoms with E-state index in [1.54, 1.807) is 13.0 Å². The molecular weight excluding hydrogens is 604 g/mol. The number of carbonyl (C=O) groups is 4. The summed E-state index contributed by atoms with van der Waals surface area (Å²) in [7, 11) is 1.31. The molecule has 8 rings (SSSR count). The summed E-state index contributed by atoms with van der Waals surface area (Å²) in [5.41, 5.74) is -9.10. The SMILES string of the molecule is COC(=O)C[C@H]1[C@]2(C)C[C@@]34OC5(C)O[C@]6([C@@H]7CC(=O)O[C@@H](c8ccoc8)[C@]7(C)CC[C@]6(O5)[C@]13C)[C@H](O)[C@@]4(OC(C)=O)[C@H]2OC(C)=O. The van der Waals surface area contributed by atoms with E-state index in [2.05, 4.69) is 0 Å². The van der Waals surface area contributed by atoms with Crippen LogP contribution in [0.3, 0.4) is 0 Å². The van der Waals surface area contributed by atoms with E-state index in [1.807, 2.05) is 20.8 Å². The Labute approximate surface area is 265 Å². The fraction of sp³-hybridized carbons (Fsp3) is 0.758. The normalized spacial score (nSPS) is 53.7. The van der Waals surface area contributed by atoms with E-state index in [0.29, 0.717) is 18.4 Å². The fourth-order valence-corrected chi connectivity index (χ4v) is 12.5. The quantitative estimate of drug-likeness (QED) is 0.368. The minimum absolute atomic E-state index is 0.0991. The maximum absolute atomic E-state index is 13.6. The van der Waals surface area contributed by atoms with Gasteiger partial charge in [-0.05, 0) is 31.2 Å². The summed E-state index contributed by atoms with van der Waals surface area (Å²) in [6.45, 7) is 9.90. The molecule has 3 aliphatic heterocycles. The molecule has 1 unspecified atom stereocenters. The first-order valence-corrected chi connectivity index (χ1v) is 15.9. The van der Waals surface area contributed by atoms with Crippen molar-refractivity contribution in [2.75, 3.05) is 7.11 Å². The van der Waals surface area contributed by atoms with Crippen LogP contribution in [0.25, 0.3) is 0 Å². The lowest BCUT2D eigenvalue weighted by Crippen LogP contribution is -2.93. The van der Waals surface area contributed by atoms with E-state index in [0.717, 1.165) is 0 Å². The van der Waals surface area contributed by atoms with Gasteiger partial charge < -0.3 is 42.7 Å². The van der Waals surface area contributed by atoms with Gasteiger partial charge in [-0.2, -0.15) is 0 Å². The number of rotatable bonds is 5. The van der Waals surface area contributed by atoms with Crippen LogP contribution in [0.15, 0.2) is 23.0 Å². The predicted molar refractivity (Wildman–Crippen MR) is 150 cm³/mol. The number of fused-ring (bicyclic) bond motifs is 3. The highest BCUT2D eigenvalue weighted by Gasteiger charge is 3.04. The van der Waals surface area contributed by atoms with Gasteiger partial charge in [0.05, 0.1) is 26.1 Å². The number of hydrogen-bond donors (Lipinski definition) is 1. The highest BCUT2D eigenvalue weighted by molar-refractivity contribution is 5.74. The molecule has 250 valence electrons. The average molecular weight is 645 g/mol. The Morgan fingerprint density at radius 1 is 1.00 bits per heavy atom. The number of aliphatic hydroxyl groups is 1. The highest BCUT2D eigenvalue weighted by Crippen LogP contribution is 2.90. The fourth-order valence-electron chi connectivity index (χ4n) is 12.5. The van der Waals surface area contributed by atoms with Crippen LogP contribution in [-0.2, 0) is 52.3 Å². The van der Waals surface area contributed by atoms with Crippen molar-refractivity contribution in [2.45, 2.75) is 120 Å². The zero-order valence-electron chi connectivity index (χ0n) is 27.0. The number of furan rings is 1. The van der Waals surface area contributed by atoms with Gasteiger partial charge in [-0.1, -0.05) is 20.8 Å². The molecule has 13 atom stereocenters. The highest BCUT2D eigenvalue weighted by atomic mass is 16.9. The first-order chi connectivity index (χ1) is 21.5. The monoisotopic (exact) mass is 644 g/mol. The van der Waals surface area contributed by atoms with Gasteiger partial charge in [-0.3, -0.25) is 19.2 Å². The summed E-state index contributed by atoms with van der Waals surface area (Å²) >= 11 is 0. The lowest BCUT2D eigenvalue weighted by molar-refractivity contribution is -0.477. The Morgan fingerprint density at radius 3 is 2.35 bits per heavy atom. The average Bonchev–Trinajstić information content (AvgIpc) is 3.67. The van der Waals surface area contributed by atoms with Crippen molar-refractivity contribution in [1.29, 1.82) is 0 Å². The molecule has 4 heterocycles. The van der Waals surface area contributed by atoms with Crippen molar-refractivity contribution in [1.82, 2.24) is 0 Å². The maximum Gasteiger partial charge on any atom is 0.306 e. The number of methoxy groups -OCH3 is 1. The van der Waals surface area contributed by atoms with Crippen molar-refractivity contribution in [3.05, 3.63) is 24.2 Å². The second-order valence-corrected chi connectivity index (χ2v) is 15.3. The van der Waals surface area contributed by atoms with E-state index in [-0.39, 0.29) is 19.3 Å². The van der Waals surface area contributed by atoms with Gasteiger partial charge in [0.25, 0.3) is 5.97 Å². The maximum atomic E-state index is 13.6. The van der Waals surface area contributed by atoms with E-state index in [1.165, 1.54) is 33.5 Å². The Balaban J connectivity index is 1.46. The topological polar surface area (TPSA) is 166 Å². The van der Waals surface area contributed by atoms with Crippen LogP contribution >= 0.6 is 0 Å². The van der Waals surface area contributed by atoms with Crippen LogP contribution in [0.5, 0.6) is 0 Å². The van der Waals surface area contributed by atoms with Crippen LogP contribution in [0, 0.1) is 28.1 Å². The zero-order valence-corrected chi connectivity index (χ0v) is 27.0. The van der Waals surface area contributed by atoms with Gasteiger partial charge in [-0.15, -0.1) is 0 Å². The molecule has 1 N–H and O–H groups in total. The molecule has 0 radical (unpaired) electrons. The minimum atomic E-state index is -2.00. The van der Waals surface area contributed by atoms with Gasteiger partial charge in [0.15, 0.2) is 6.10 Å². The smallest absolute Gasteiger partial charge is 0.306 e. The van der Waals surface area contributed by atoms with Gasteiger partial charge in [0.2, 0.25) is 5.60 Å². The second-order valence-electron chi connectivity index (χ2n) is 15.3. The molecule has 2 spiro atoms. The van der Waals surface area contributed by atoms with E-state index in [4.69, 9.17) is 37.6 Å². The van der Waals surface area contributed by atoms with Crippen molar-refractivity contribution in [2.24, 2.45) is 28.1 Å². The zero-order chi connectivity index (χ0) is 33.1. The summed E-state index contributed by atoms with van der Waals surface area (Å²) < 4.78 is 50.0.